The summed E-state index contributed by atoms with van der Waals surface area (Å²) < 4.78 is 35.9. The molecule has 0 unspecified atom stereocenters. The third-order valence-corrected chi connectivity index (χ3v) is 3.21. The van der Waals surface area contributed by atoms with E-state index >= 15 is 0 Å². The van der Waals surface area contributed by atoms with Crippen molar-refractivity contribution in [3.63, 3.8) is 0 Å². The fraction of sp³-hybridized carbons (Fsp3) is 0.500. The van der Waals surface area contributed by atoms with Gasteiger partial charge < -0.3 is 0 Å². The van der Waals surface area contributed by atoms with Crippen molar-refractivity contribution in [2.75, 3.05) is 5.43 Å². The molecule has 0 saturated carbocycles. The highest BCUT2D eigenvalue weighted by atomic mass is 32.1. The molecule has 3 nitrogen and oxygen atoms in total. The molecule has 0 saturated heterocycles. The Balaban J connectivity index is 2.67. The van der Waals surface area contributed by atoms with Crippen molar-refractivity contribution in [3.8, 4) is 0 Å². The van der Waals surface area contributed by atoms with Crippen LogP contribution in [0.4, 0.5) is 18.2 Å². The molecule has 0 radical (unpaired) electrons. The van der Waals surface area contributed by atoms with E-state index in [9.17, 15) is 18.0 Å². The maximum atomic E-state index is 12.0. The van der Waals surface area contributed by atoms with Crippen molar-refractivity contribution in [3.05, 3.63) is 16.5 Å². The van der Waals surface area contributed by atoms with Crippen molar-refractivity contribution in [1.29, 1.82) is 0 Å². The molecule has 1 aromatic rings. The maximum absolute atomic E-state index is 12.0. The number of rotatable bonds is 4. The molecule has 7 heteroatoms. The Labute approximate surface area is 101 Å². The SMILES string of the molecule is CCCc1c(C)csc1NNC(=O)C(F)(F)F. The third kappa shape index (κ3) is 3.62. The lowest BCUT2D eigenvalue weighted by Crippen LogP contribution is -2.40. The minimum Gasteiger partial charge on any atom is -0.288 e. The first-order valence-corrected chi connectivity index (χ1v) is 5.94. The molecule has 1 heterocycles. The fourth-order valence-corrected chi connectivity index (χ4v) is 2.27. The van der Waals surface area contributed by atoms with Crippen LogP contribution in [-0.4, -0.2) is 12.1 Å². The summed E-state index contributed by atoms with van der Waals surface area (Å²) in [6.07, 6.45) is -3.22. The van der Waals surface area contributed by atoms with Crippen molar-refractivity contribution >= 4 is 22.2 Å². The zero-order valence-corrected chi connectivity index (χ0v) is 10.3. The molecule has 0 aromatic carbocycles. The lowest BCUT2D eigenvalue weighted by atomic mass is 10.1. The number of amides is 1. The quantitative estimate of drug-likeness (QED) is 0.822. The van der Waals surface area contributed by atoms with Crippen LogP contribution in [0.3, 0.4) is 0 Å². The number of thiophene rings is 1. The molecule has 0 spiro atoms. The smallest absolute Gasteiger partial charge is 0.288 e. The molecule has 0 aliphatic rings. The Morgan fingerprint density at radius 2 is 2.12 bits per heavy atom. The van der Waals surface area contributed by atoms with Gasteiger partial charge >= 0.3 is 12.1 Å². The molecule has 0 aliphatic carbocycles. The number of nitrogens with one attached hydrogen (secondary N) is 2. The highest BCUT2D eigenvalue weighted by Gasteiger charge is 2.38. The Morgan fingerprint density at radius 3 is 2.65 bits per heavy atom. The monoisotopic (exact) mass is 266 g/mol. The van der Waals surface area contributed by atoms with Crippen LogP contribution >= 0.6 is 11.3 Å². The summed E-state index contributed by atoms with van der Waals surface area (Å²) in [6, 6.07) is 0. The maximum Gasteiger partial charge on any atom is 0.472 e. The first kappa shape index (κ1) is 13.8. The molecule has 0 bridgehead atoms. The van der Waals surface area contributed by atoms with Gasteiger partial charge in [-0.05, 0) is 29.9 Å². The Hall–Kier alpha value is -1.24. The summed E-state index contributed by atoms with van der Waals surface area (Å²) in [5, 5.41) is 2.40. The van der Waals surface area contributed by atoms with E-state index in [0.717, 1.165) is 24.0 Å². The van der Waals surface area contributed by atoms with Crippen molar-refractivity contribution < 1.29 is 18.0 Å². The average Bonchev–Trinajstić information content (AvgIpc) is 2.56. The average molecular weight is 266 g/mol. The second-order valence-corrected chi connectivity index (χ2v) is 4.43. The number of alkyl halides is 3. The number of aryl methyl sites for hydroxylation is 1. The van der Waals surface area contributed by atoms with Crippen LogP contribution < -0.4 is 10.9 Å². The van der Waals surface area contributed by atoms with E-state index in [4.69, 9.17) is 0 Å². The summed E-state index contributed by atoms with van der Waals surface area (Å²) in [5.41, 5.74) is 5.93. The molecule has 0 aliphatic heterocycles. The van der Waals surface area contributed by atoms with Crippen LogP contribution in [0.2, 0.25) is 0 Å². The fourth-order valence-electron chi connectivity index (χ4n) is 1.32. The van der Waals surface area contributed by atoms with Crippen molar-refractivity contribution in [2.24, 2.45) is 0 Å². The lowest BCUT2D eigenvalue weighted by Gasteiger charge is -2.10. The molecular weight excluding hydrogens is 253 g/mol. The standard InChI is InChI=1S/C10H13F3N2OS/c1-3-4-7-6(2)5-17-8(7)14-15-9(16)10(11,12)13/h5,14H,3-4H2,1-2H3,(H,15,16). The van der Waals surface area contributed by atoms with E-state index in [-0.39, 0.29) is 0 Å². The minimum absolute atomic E-state index is 0.557. The molecule has 2 N–H and O–H groups in total. The molecule has 96 valence electrons. The Bertz CT molecular complexity index is 401. The molecule has 0 fully saturated rings. The highest BCUT2D eigenvalue weighted by Crippen LogP contribution is 2.28. The minimum atomic E-state index is -4.87. The highest BCUT2D eigenvalue weighted by molar-refractivity contribution is 7.14. The third-order valence-electron chi connectivity index (χ3n) is 2.15. The molecule has 1 rings (SSSR count). The van der Waals surface area contributed by atoms with Crippen molar-refractivity contribution in [1.82, 2.24) is 5.43 Å². The van der Waals surface area contributed by atoms with Gasteiger partial charge in [-0.1, -0.05) is 13.3 Å². The van der Waals surface area contributed by atoms with Gasteiger partial charge in [0.25, 0.3) is 0 Å². The van der Waals surface area contributed by atoms with E-state index < -0.39 is 12.1 Å². The number of hydrazine groups is 1. The van der Waals surface area contributed by atoms with Gasteiger partial charge in [0.2, 0.25) is 0 Å². The second kappa shape index (κ2) is 5.39. The zero-order valence-electron chi connectivity index (χ0n) is 9.44. The van der Waals surface area contributed by atoms with Crippen LogP contribution in [-0.2, 0) is 11.2 Å². The number of hydrogen-bond donors (Lipinski definition) is 2. The van der Waals surface area contributed by atoms with Crippen LogP contribution in [0, 0.1) is 6.92 Å². The van der Waals surface area contributed by atoms with E-state index in [1.165, 1.54) is 11.3 Å². The van der Waals surface area contributed by atoms with Crippen molar-refractivity contribution in [2.45, 2.75) is 32.9 Å². The van der Waals surface area contributed by atoms with Gasteiger partial charge in [0.15, 0.2) is 0 Å². The number of carbonyl (C=O) groups excluding carboxylic acids is 1. The normalized spacial score (nSPS) is 11.4. The van der Waals surface area contributed by atoms with Gasteiger partial charge in [-0.2, -0.15) is 13.2 Å². The largest absolute Gasteiger partial charge is 0.472 e. The summed E-state index contributed by atoms with van der Waals surface area (Å²) in [5.74, 6) is -1.99. The van der Waals surface area contributed by atoms with E-state index in [0.29, 0.717) is 5.00 Å². The lowest BCUT2D eigenvalue weighted by molar-refractivity contribution is -0.173. The number of halogens is 3. The van der Waals surface area contributed by atoms with Gasteiger partial charge in [-0.15, -0.1) is 11.3 Å². The van der Waals surface area contributed by atoms with Gasteiger partial charge in [0, 0.05) is 0 Å². The Kier molecular flexibility index (Phi) is 4.39. The predicted molar refractivity (Wildman–Crippen MR) is 60.9 cm³/mol. The molecule has 1 amide bonds. The first-order chi connectivity index (χ1) is 7.86. The van der Waals surface area contributed by atoms with E-state index in [2.05, 4.69) is 5.43 Å². The van der Waals surface area contributed by atoms with Gasteiger partial charge in [0.05, 0.1) is 0 Å². The van der Waals surface area contributed by atoms with Gasteiger partial charge in [0.1, 0.15) is 5.00 Å². The van der Waals surface area contributed by atoms with Crippen LogP contribution in [0.1, 0.15) is 24.5 Å². The van der Waals surface area contributed by atoms with Gasteiger partial charge in [-0.3, -0.25) is 15.6 Å². The predicted octanol–water partition coefficient (Wildman–Crippen LogP) is 3.01. The van der Waals surface area contributed by atoms with E-state index in [1.54, 1.807) is 5.43 Å². The second-order valence-electron chi connectivity index (χ2n) is 3.55. The zero-order chi connectivity index (χ0) is 13.1. The molecule has 0 atom stereocenters. The first-order valence-electron chi connectivity index (χ1n) is 5.06. The summed E-state index contributed by atoms with van der Waals surface area (Å²) in [6.45, 7) is 3.87. The molecule has 17 heavy (non-hydrogen) atoms. The summed E-state index contributed by atoms with van der Waals surface area (Å²) in [4.78, 5) is 10.6. The van der Waals surface area contributed by atoms with Crippen LogP contribution in [0.25, 0.3) is 0 Å². The molecule has 1 aromatic heterocycles. The Morgan fingerprint density at radius 1 is 1.47 bits per heavy atom. The van der Waals surface area contributed by atoms with Crippen LogP contribution in [0.15, 0.2) is 5.38 Å². The number of carbonyl (C=O) groups is 1. The van der Waals surface area contributed by atoms with Gasteiger partial charge in [-0.25, -0.2) is 0 Å². The summed E-state index contributed by atoms with van der Waals surface area (Å²) in [7, 11) is 0. The molecular formula is C10H13F3N2OS. The van der Waals surface area contributed by atoms with Crippen LogP contribution in [0.5, 0.6) is 0 Å². The number of hydrogen-bond acceptors (Lipinski definition) is 3. The topological polar surface area (TPSA) is 41.1 Å². The summed E-state index contributed by atoms with van der Waals surface area (Å²) >= 11 is 1.28. The number of anilines is 1. The van der Waals surface area contributed by atoms with E-state index in [1.807, 2.05) is 19.2 Å².